The van der Waals surface area contributed by atoms with Crippen LogP contribution < -0.4 is 0 Å². The van der Waals surface area contributed by atoms with Crippen molar-refractivity contribution in [2.75, 3.05) is 17.3 Å². The zero-order valence-electron chi connectivity index (χ0n) is 42.9. The molecule has 0 saturated carbocycles. The lowest BCUT2D eigenvalue weighted by Crippen LogP contribution is -2.21. The van der Waals surface area contributed by atoms with E-state index in [0.717, 1.165) is 57.8 Å². The fourth-order valence-electron chi connectivity index (χ4n) is 7.12. The standard InChI is InChI=1S/C48H101O7P3S6/c1-12-15-18-21-24-27-30-33-36-46(49)39-62-58(61,54-47(37-34-31-28-25-22-19-16-13-2)40-63-56(59,50-42(4)5)51-43(6)7)55-48(38-35-32-29-26-23-20-17-14-3)41-64-57(60,52-44(8)9)53-45(10)11/h42-49H,12-41H2,1-11H3. The van der Waals surface area contributed by atoms with Crippen LogP contribution in [0.2, 0.25) is 0 Å². The number of hydrogen-bond donors (Lipinski definition) is 1. The van der Waals surface area contributed by atoms with Gasteiger partial charge in [-0.1, -0.05) is 209 Å². The number of aliphatic hydroxyl groups is 1. The van der Waals surface area contributed by atoms with Crippen LogP contribution in [0.5, 0.6) is 0 Å². The summed E-state index contributed by atoms with van der Waals surface area (Å²) in [5.74, 6) is 1.71. The lowest BCUT2D eigenvalue weighted by molar-refractivity contribution is 0.157. The smallest absolute Gasteiger partial charge is 0.248 e. The molecule has 0 heterocycles. The van der Waals surface area contributed by atoms with Gasteiger partial charge in [0, 0.05) is 17.3 Å². The number of aliphatic hydroxyl groups excluding tert-OH is 1. The summed E-state index contributed by atoms with van der Waals surface area (Å²) in [6.45, 7) is 23.0. The summed E-state index contributed by atoms with van der Waals surface area (Å²) in [7, 11) is 0. The van der Waals surface area contributed by atoms with Gasteiger partial charge in [0.2, 0.25) is 17.1 Å². The summed E-state index contributed by atoms with van der Waals surface area (Å²) in [6, 6.07) is 0. The minimum absolute atomic E-state index is 0.0515. The van der Waals surface area contributed by atoms with E-state index in [9.17, 15) is 5.11 Å². The summed E-state index contributed by atoms with van der Waals surface area (Å²) in [4.78, 5) is 0. The molecule has 0 aromatic rings. The Kier molecular flexibility index (Phi) is 44.0. The first kappa shape index (κ1) is 66.7. The number of unbranched alkanes of at least 4 members (excludes halogenated alkanes) is 21. The molecule has 0 bridgehead atoms. The highest BCUT2D eigenvalue weighted by atomic mass is 32.9. The van der Waals surface area contributed by atoms with Crippen molar-refractivity contribution < 1.29 is 32.2 Å². The Morgan fingerprint density at radius 2 is 0.578 bits per heavy atom. The third-order valence-electron chi connectivity index (χ3n) is 10.3. The lowest BCUT2D eigenvalue weighted by atomic mass is 10.1. The van der Waals surface area contributed by atoms with Crippen LogP contribution in [0, 0.1) is 0 Å². The second-order valence-corrected chi connectivity index (χ2v) is 37.5. The highest BCUT2D eigenvalue weighted by Crippen LogP contribution is 2.67. The van der Waals surface area contributed by atoms with Gasteiger partial charge in [-0.2, -0.15) is 0 Å². The van der Waals surface area contributed by atoms with E-state index < -0.39 is 23.2 Å². The zero-order chi connectivity index (χ0) is 48.1. The van der Waals surface area contributed by atoms with E-state index in [4.69, 9.17) is 62.6 Å². The first-order valence-electron chi connectivity index (χ1n) is 25.9. The van der Waals surface area contributed by atoms with Gasteiger partial charge in [0.25, 0.3) is 0 Å². The molecule has 0 spiro atoms. The molecule has 0 aliphatic heterocycles. The van der Waals surface area contributed by atoms with E-state index >= 15 is 0 Å². The molecule has 0 fully saturated rings. The normalized spacial score (nSPS) is 15.2. The van der Waals surface area contributed by atoms with Gasteiger partial charge in [-0.3, -0.25) is 0 Å². The fraction of sp³-hybridized carbons (Fsp3) is 1.00. The molecule has 3 atom stereocenters. The number of hydrogen-bond acceptors (Lipinski definition) is 13. The molecule has 0 radical (unpaired) electrons. The van der Waals surface area contributed by atoms with Crippen molar-refractivity contribution in [2.24, 2.45) is 0 Å². The third kappa shape index (κ3) is 40.3. The lowest BCUT2D eigenvalue weighted by Gasteiger charge is -2.33. The molecule has 7 nitrogen and oxygen atoms in total. The fourth-order valence-corrected chi connectivity index (χ4v) is 24.2. The van der Waals surface area contributed by atoms with Gasteiger partial charge in [0.15, 0.2) is 0 Å². The van der Waals surface area contributed by atoms with Crippen molar-refractivity contribution in [1.29, 1.82) is 0 Å². The number of rotatable bonds is 48. The van der Waals surface area contributed by atoms with Crippen molar-refractivity contribution in [3.05, 3.63) is 0 Å². The molecule has 64 heavy (non-hydrogen) atoms. The molecule has 0 saturated heterocycles. The summed E-state index contributed by atoms with van der Waals surface area (Å²) in [5, 5.41) is 11.4. The largest absolute Gasteiger partial charge is 0.392 e. The quantitative estimate of drug-likeness (QED) is 0.0465. The van der Waals surface area contributed by atoms with Crippen molar-refractivity contribution >= 4 is 86.6 Å². The van der Waals surface area contributed by atoms with Gasteiger partial charge < -0.3 is 32.2 Å². The van der Waals surface area contributed by atoms with Crippen LogP contribution >= 0.6 is 51.2 Å². The predicted octanol–water partition coefficient (Wildman–Crippen LogP) is 19.3. The van der Waals surface area contributed by atoms with Crippen LogP contribution in [0.4, 0.5) is 0 Å². The van der Waals surface area contributed by atoms with Gasteiger partial charge >= 0.3 is 0 Å². The molecule has 0 aromatic carbocycles. The Bertz CT molecular complexity index is 1120. The van der Waals surface area contributed by atoms with Gasteiger partial charge in [0.05, 0.1) is 42.7 Å². The van der Waals surface area contributed by atoms with Crippen LogP contribution in [0.1, 0.15) is 250 Å². The molecule has 0 rings (SSSR count). The summed E-state index contributed by atoms with van der Waals surface area (Å²) in [5.41, 5.74) is -8.33. The van der Waals surface area contributed by atoms with Crippen LogP contribution in [0.15, 0.2) is 0 Å². The van der Waals surface area contributed by atoms with Gasteiger partial charge in [0.1, 0.15) is 0 Å². The van der Waals surface area contributed by atoms with Crippen molar-refractivity contribution in [1.82, 2.24) is 0 Å². The van der Waals surface area contributed by atoms with E-state index in [2.05, 4.69) is 20.8 Å². The molecule has 386 valence electrons. The molecule has 0 aliphatic carbocycles. The highest BCUT2D eigenvalue weighted by Gasteiger charge is 2.34. The van der Waals surface area contributed by atoms with Gasteiger partial charge in [-0.15, -0.1) is 0 Å². The van der Waals surface area contributed by atoms with E-state index in [1.807, 2.05) is 55.4 Å². The van der Waals surface area contributed by atoms with Gasteiger partial charge in [-0.25, -0.2) is 0 Å². The second-order valence-electron chi connectivity index (χ2n) is 18.7. The Labute approximate surface area is 425 Å². The minimum Gasteiger partial charge on any atom is -0.392 e. The molecule has 1 N–H and O–H groups in total. The summed E-state index contributed by atoms with van der Waals surface area (Å²) >= 11 is 23.6. The summed E-state index contributed by atoms with van der Waals surface area (Å²) < 4.78 is 39.8. The monoisotopic (exact) mass is 1070 g/mol. The first-order valence-corrected chi connectivity index (χ1v) is 38.6. The molecular formula is C48H101O7P3S6. The minimum atomic E-state index is -3.01. The maximum absolute atomic E-state index is 11.4. The molecule has 3 unspecified atom stereocenters. The zero-order valence-corrected chi connectivity index (χ0v) is 50.5. The Balaban J connectivity index is 6.59. The van der Waals surface area contributed by atoms with E-state index in [-0.39, 0.29) is 36.6 Å². The third-order valence-corrected chi connectivity index (χ3v) is 26.8. The van der Waals surface area contributed by atoms with Crippen molar-refractivity contribution in [3.63, 3.8) is 0 Å². The first-order chi connectivity index (χ1) is 30.4. The average Bonchev–Trinajstić information content (AvgIpc) is 3.20. The maximum Gasteiger partial charge on any atom is 0.248 e. The molecule has 0 aromatic heterocycles. The second kappa shape index (κ2) is 42.2. The van der Waals surface area contributed by atoms with Crippen LogP contribution in [-0.4, -0.2) is 65.1 Å². The molecule has 16 heteroatoms. The average molecular weight is 1080 g/mol. The Morgan fingerprint density at radius 3 is 0.859 bits per heavy atom. The highest BCUT2D eigenvalue weighted by molar-refractivity contribution is 8.69. The summed E-state index contributed by atoms with van der Waals surface area (Å²) in [6.07, 6.45) is 31.0. The van der Waals surface area contributed by atoms with Gasteiger partial charge in [-0.05, 0) is 110 Å². The molecular weight excluding hydrogens is 974 g/mol. The van der Waals surface area contributed by atoms with Crippen LogP contribution in [0.3, 0.4) is 0 Å². The molecule has 0 amide bonds. The van der Waals surface area contributed by atoms with Crippen LogP contribution in [-0.2, 0) is 62.6 Å². The van der Waals surface area contributed by atoms with E-state index in [0.29, 0.717) is 17.3 Å². The predicted molar refractivity (Wildman–Crippen MR) is 303 cm³/mol. The van der Waals surface area contributed by atoms with E-state index in [1.165, 1.54) is 127 Å². The van der Waals surface area contributed by atoms with E-state index in [1.54, 1.807) is 22.8 Å². The Morgan fingerprint density at radius 1 is 0.344 bits per heavy atom. The van der Waals surface area contributed by atoms with Crippen molar-refractivity contribution in [2.45, 2.75) is 292 Å². The van der Waals surface area contributed by atoms with Crippen molar-refractivity contribution in [3.8, 4) is 0 Å². The SMILES string of the molecule is CCCCCCCCCCC(O)CSP(=S)(OC(CCCCCCCCCC)CSP(=S)(OC(C)C)OC(C)C)OC(CCCCCCCCCC)CSP(=S)(OC(C)C)OC(C)C. The molecule has 0 aliphatic rings. The van der Waals surface area contributed by atoms with Crippen LogP contribution in [0.25, 0.3) is 0 Å². The topological polar surface area (TPSA) is 75.6 Å². The maximum atomic E-state index is 11.4. The Hall–Kier alpha value is 2.72.